The number of benzene rings is 2. The summed E-state index contributed by atoms with van der Waals surface area (Å²) in [6, 6.07) is 16.4. The monoisotopic (exact) mass is 405 g/mol. The highest BCUT2D eigenvalue weighted by molar-refractivity contribution is 8.03. The van der Waals surface area contributed by atoms with Crippen LogP contribution < -0.4 is 9.64 Å². The zero-order valence-electron chi connectivity index (χ0n) is 16.8. The van der Waals surface area contributed by atoms with Crippen LogP contribution in [0.3, 0.4) is 0 Å². The number of ether oxygens (including phenoxy) is 1. The van der Waals surface area contributed by atoms with Crippen molar-refractivity contribution in [1.82, 2.24) is 4.90 Å². The molecule has 5 nitrogen and oxygen atoms in total. The average molecular weight is 406 g/mol. The molecule has 2 aliphatic rings. The van der Waals surface area contributed by atoms with Crippen LogP contribution in [0.4, 0.5) is 5.69 Å². The molecule has 6 heteroatoms. The van der Waals surface area contributed by atoms with E-state index in [0.29, 0.717) is 24.5 Å². The van der Waals surface area contributed by atoms with Gasteiger partial charge in [0.15, 0.2) is 0 Å². The predicted octanol–water partition coefficient (Wildman–Crippen LogP) is 4.53. The van der Waals surface area contributed by atoms with E-state index in [1.807, 2.05) is 24.3 Å². The summed E-state index contributed by atoms with van der Waals surface area (Å²) in [5.41, 5.74) is 5.24. The van der Waals surface area contributed by atoms with Gasteiger partial charge in [0, 0.05) is 18.0 Å². The number of allylic oxidation sites excluding steroid dienone is 1. The Kier molecular flexibility index (Phi) is 5.25. The molecule has 1 saturated heterocycles. The van der Waals surface area contributed by atoms with Crippen LogP contribution in [-0.4, -0.2) is 30.5 Å². The molecule has 2 aliphatic heterocycles. The van der Waals surface area contributed by atoms with E-state index in [-0.39, 0.29) is 11.8 Å². The maximum atomic E-state index is 13.0. The summed E-state index contributed by atoms with van der Waals surface area (Å²) >= 11 is 1.57. The van der Waals surface area contributed by atoms with Crippen molar-refractivity contribution in [3.8, 4) is 11.8 Å². The van der Waals surface area contributed by atoms with Gasteiger partial charge in [-0.1, -0.05) is 30.0 Å². The Labute approximate surface area is 175 Å². The zero-order chi connectivity index (χ0) is 20.5. The Morgan fingerprint density at radius 2 is 1.90 bits per heavy atom. The summed E-state index contributed by atoms with van der Waals surface area (Å²) in [4.78, 5) is 17.0. The standard InChI is InChI=1S/C23H23N3O2S/c1-15-4-7-18(10-16(15)2)25-13-26-22(27)11-20(21(12-24)23(26)29-14-25)17-5-8-19(28-3)9-6-17/h4-10,20H,11,13-14H2,1-3H3/t20-/m1/s1. The molecule has 0 radical (unpaired) electrons. The molecule has 1 atom stereocenters. The Morgan fingerprint density at radius 3 is 2.55 bits per heavy atom. The van der Waals surface area contributed by atoms with Crippen LogP contribution >= 0.6 is 11.8 Å². The number of thioether (sulfide) groups is 1. The number of carbonyl (C=O) groups excluding carboxylic acids is 1. The lowest BCUT2D eigenvalue weighted by Gasteiger charge is -2.42. The summed E-state index contributed by atoms with van der Waals surface area (Å²) in [6.45, 7) is 4.67. The SMILES string of the molecule is COc1ccc([C@H]2CC(=O)N3CN(c4ccc(C)c(C)c4)CSC3=C2C#N)cc1. The number of anilines is 1. The quantitative estimate of drug-likeness (QED) is 0.751. The molecule has 0 bridgehead atoms. The van der Waals surface area contributed by atoms with Gasteiger partial charge >= 0.3 is 0 Å². The number of carbonyl (C=O) groups is 1. The molecule has 29 heavy (non-hydrogen) atoms. The third kappa shape index (κ3) is 3.58. The molecule has 1 fully saturated rings. The molecule has 148 valence electrons. The number of methoxy groups -OCH3 is 1. The number of hydrogen-bond acceptors (Lipinski definition) is 5. The topological polar surface area (TPSA) is 56.6 Å². The average Bonchev–Trinajstić information content (AvgIpc) is 2.75. The van der Waals surface area contributed by atoms with Crippen molar-refractivity contribution in [2.45, 2.75) is 26.2 Å². The highest BCUT2D eigenvalue weighted by Crippen LogP contribution is 2.43. The molecule has 2 aromatic carbocycles. The van der Waals surface area contributed by atoms with E-state index in [1.165, 1.54) is 11.1 Å². The van der Waals surface area contributed by atoms with Crippen molar-refractivity contribution < 1.29 is 9.53 Å². The van der Waals surface area contributed by atoms with Gasteiger partial charge in [0.2, 0.25) is 5.91 Å². The lowest BCUT2D eigenvalue weighted by molar-refractivity contribution is -0.129. The summed E-state index contributed by atoms with van der Waals surface area (Å²) in [7, 11) is 1.62. The smallest absolute Gasteiger partial charge is 0.229 e. The first-order valence-corrected chi connectivity index (χ1v) is 10.5. The molecule has 0 aromatic heterocycles. The van der Waals surface area contributed by atoms with Gasteiger partial charge in [0.25, 0.3) is 0 Å². The predicted molar refractivity (Wildman–Crippen MR) is 116 cm³/mol. The Balaban J connectivity index is 1.64. The fraction of sp³-hybridized carbons (Fsp3) is 0.304. The first-order valence-electron chi connectivity index (χ1n) is 9.55. The summed E-state index contributed by atoms with van der Waals surface area (Å²) < 4.78 is 5.22. The van der Waals surface area contributed by atoms with Crippen LogP contribution in [0.5, 0.6) is 5.75 Å². The van der Waals surface area contributed by atoms with Crippen LogP contribution in [0.1, 0.15) is 29.0 Å². The fourth-order valence-electron chi connectivity index (χ4n) is 3.77. The number of nitrogens with zero attached hydrogens (tertiary/aromatic N) is 3. The Morgan fingerprint density at radius 1 is 1.14 bits per heavy atom. The maximum Gasteiger partial charge on any atom is 0.229 e. The minimum absolute atomic E-state index is 0.0563. The van der Waals surface area contributed by atoms with Crippen LogP contribution in [0.2, 0.25) is 0 Å². The van der Waals surface area contributed by atoms with E-state index < -0.39 is 0 Å². The molecule has 4 rings (SSSR count). The van der Waals surface area contributed by atoms with Crippen LogP contribution in [-0.2, 0) is 4.79 Å². The summed E-state index contributed by atoms with van der Waals surface area (Å²) in [6.07, 6.45) is 0.306. The summed E-state index contributed by atoms with van der Waals surface area (Å²) in [5, 5.41) is 10.7. The van der Waals surface area contributed by atoms with E-state index >= 15 is 0 Å². The van der Waals surface area contributed by atoms with Crippen molar-refractivity contribution in [3.05, 3.63) is 69.8 Å². The van der Waals surface area contributed by atoms with E-state index in [2.05, 4.69) is 43.0 Å². The summed E-state index contributed by atoms with van der Waals surface area (Å²) in [5.74, 6) is 1.33. The van der Waals surface area contributed by atoms with Gasteiger partial charge in [-0.25, -0.2) is 0 Å². The molecule has 2 aromatic rings. The lowest BCUT2D eigenvalue weighted by atomic mass is 9.86. The van der Waals surface area contributed by atoms with Gasteiger partial charge in [-0.2, -0.15) is 5.26 Å². The first kappa shape index (κ1) is 19.4. The number of nitriles is 1. The molecule has 2 heterocycles. The van der Waals surface area contributed by atoms with E-state index in [4.69, 9.17) is 4.74 Å². The van der Waals surface area contributed by atoms with Crippen LogP contribution in [0.25, 0.3) is 0 Å². The van der Waals surface area contributed by atoms with Gasteiger partial charge in [-0.3, -0.25) is 9.69 Å². The molecular weight excluding hydrogens is 382 g/mol. The Bertz CT molecular complexity index is 1020. The van der Waals surface area contributed by atoms with Gasteiger partial charge in [0.05, 0.1) is 36.3 Å². The number of fused-ring (bicyclic) bond motifs is 1. The number of hydrogen-bond donors (Lipinski definition) is 0. The number of rotatable bonds is 3. The van der Waals surface area contributed by atoms with Crippen molar-refractivity contribution in [2.24, 2.45) is 0 Å². The second-order valence-corrected chi connectivity index (χ2v) is 8.34. The second-order valence-electron chi connectivity index (χ2n) is 7.41. The molecule has 0 unspecified atom stereocenters. The largest absolute Gasteiger partial charge is 0.497 e. The van der Waals surface area contributed by atoms with Crippen molar-refractivity contribution >= 4 is 23.4 Å². The van der Waals surface area contributed by atoms with Crippen molar-refractivity contribution in [2.75, 3.05) is 24.6 Å². The molecule has 0 aliphatic carbocycles. The molecule has 0 N–H and O–H groups in total. The Hall–Kier alpha value is -2.91. The second kappa shape index (κ2) is 7.84. The van der Waals surface area contributed by atoms with Gasteiger partial charge in [-0.05, 0) is 54.8 Å². The first-order chi connectivity index (χ1) is 14.0. The highest BCUT2D eigenvalue weighted by Gasteiger charge is 2.38. The fourth-order valence-corrected chi connectivity index (χ4v) is 4.94. The minimum atomic E-state index is -0.203. The zero-order valence-corrected chi connectivity index (χ0v) is 17.6. The van der Waals surface area contributed by atoms with Crippen molar-refractivity contribution in [1.29, 1.82) is 5.26 Å². The number of aryl methyl sites for hydroxylation is 2. The molecule has 0 spiro atoms. The lowest BCUT2D eigenvalue weighted by Crippen LogP contribution is -2.47. The van der Waals surface area contributed by atoms with Crippen molar-refractivity contribution in [3.63, 3.8) is 0 Å². The van der Waals surface area contributed by atoms with E-state index in [1.54, 1.807) is 23.8 Å². The normalized spacial score (nSPS) is 19.1. The van der Waals surface area contributed by atoms with Crippen LogP contribution in [0.15, 0.2) is 53.1 Å². The number of amides is 1. The van der Waals surface area contributed by atoms with E-state index in [0.717, 1.165) is 22.0 Å². The molecule has 1 amide bonds. The molecule has 0 saturated carbocycles. The van der Waals surface area contributed by atoms with Crippen LogP contribution in [0, 0.1) is 25.2 Å². The van der Waals surface area contributed by atoms with Gasteiger partial charge < -0.3 is 9.64 Å². The minimum Gasteiger partial charge on any atom is -0.497 e. The highest BCUT2D eigenvalue weighted by atomic mass is 32.2. The van der Waals surface area contributed by atoms with E-state index in [9.17, 15) is 10.1 Å². The van der Waals surface area contributed by atoms with Gasteiger partial charge in [0.1, 0.15) is 5.75 Å². The van der Waals surface area contributed by atoms with Gasteiger partial charge in [-0.15, -0.1) is 0 Å². The maximum absolute atomic E-state index is 13.0. The third-order valence-corrected chi connectivity index (χ3v) is 6.82. The third-order valence-electron chi connectivity index (χ3n) is 5.67. The molecular formula is C23H23N3O2S.